The van der Waals surface area contributed by atoms with Gasteiger partial charge in [0.2, 0.25) is 5.91 Å². The molecule has 6 rings (SSSR count). The van der Waals surface area contributed by atoms with Crippen LogP contribution in [-0.4, -0.2) is 59.6 Å². The minimum absolute atomic E-state index is 0.144. The van der Waals surface area contributed by atoms with Crippen molar-refractivity contribution < 1.29 is 27.8 Å². The molecule has 2 unspecified atom stereocenters. The summed E-state index contributed by atoms with van der Waals surface area (Å²) < 4.78 is 45.7. The minimum atomic E-state index is -4.44. The van der Waals surface area contributed by atoms with E-state index in [0.717, 1.165) is 49.9 Å². The van der Waals surface area contributed by atoms with Crippen molar-refractivity contribution in [1.82, 2.24) is 9.80 Å². The quantitative estimate of drug-likeness (QED) is 0.628. The SMILES string of the molecule is CN(C(=O)/C=C/c1cccc(C(F)(F)F)c1)C1CC[C@H]2[C@H]3Cc4ccc(O)c5c4[C@@]2(CCN3C)C1O5. The van der Waals surface area contributed by atoms with Gasteiger partial charge in [0.1, 0.15) is 6.10 Å². The molecular formula is C28H29F3N2O3. The van der Waals surface area contributed by atoms with Gasteiger partial charge >= 0.3 is 6.18 Å². The number of benzene rings is 2. The number of likely N-dealkylation sites (tertiary alicyclic amines) is 1. The van der Waals surface area contributed by atoms with Crippen LogP contribution in [0.3, 0.4) is 0 Å². The van der Waals surface area contributed by atoms with Gasteiger partial charge in [-0.3, -0.25) is 4.79 Å². The number of carbonyl (C=O) groups excluding carboxylic acids is 1. The average Bonchev–Trinajstić information content (AvgIpc) is 3.21. The molecule has 2 aliphatic heterocycles. The van der Waals surface area contributed by atoms with Gasteiger partial charge in [-0.05, 0) is 80.6 Å². The molecule has 2 fully saturated rings. The van der Waals surface area contributed by atoms with Gasteiger partial charge in [0.25, 0.3) is 0 Å². The third kappa shape index (κ3) is 3.30. The summed E-state index contributed by atoms with van der Waals surface area (Å²) in [5.41, 5.74) is 1.67. The molecule has 2 bridgehead atoms. The van der Waals surface area contributed by atoms with Crippen molar-refractivity contribution in [1.29, 1.82) is 0 Å². The Morgan fingerprint density at radius 1 is 1.25 bits per heavy atom. The standard InChI is InChI=1S/C28H29F3N2O3/c1-32-13-12-27-19-8-9-20(26(27)36-25-22(34)10-7-17(24(25)27)15-21(19)32)33(2)23(35)11-6-16-4-3-5-18(14-16)28(29,30)31/h3-7,10-11,14,19-21,26,34H,8-9,12-13,15H2,1-2H3/b11-6+/t19-,20?,21+,26?,27-/m0/s1. The maximum absolute atomic E-state index is 13.2. The number of likely N-dealkylation sites (N-methyl/N-ethyl adjacent to an activating group) is 2. The molecule has 0 radical (unpaired) electrons. The molecule has 4 aliphatic rings. The first-order valence-electron chi connectivity index (χ1n) is 12.5. The predicted molar refractivity (Wildman–Crippen MR) is 129 cm³/mol. The molecule has 8 heteroatoms. The molecule has 2 aromatic rings. The van der Waals surface area contributed by atoms with Crippen molar-refractivity contribution in [2.45, 2.75) is 55.5 Å². The number of ether oxygens (including phenoxy) is 1. The summed E-state index contributed by atoms with van der Waals surface area (Å²) in [7, 11) is 3.91. The number of nitrogens with zero attached hydrogens (tertiary/aromatic N) is 2. The summed E-state index contributed by atoms with van der Waals surface area (Å²) in [6.07, 6.45) is 1.60. The summed E-state index contributed by atoms with van der Waals surface area (Å²) in [6, 6.07) is 8.85. The van der Waals surface area contributed by atoms with Crippen LogP contribution in [-0.2, 0) is 22.8 Å². The molecular weight excluding hydrogens is 469 g/mol. The van der Waals surface area contributed by atoms with Crippen molar-refractivity contribution in [2.24, 2.45) is 5.92 Å². The van der Waals surface area contributed by atoms with E-state index in [9.17, 15) is 23.1 Å². The Morgan fingerprint density at radius 2 is 2.06 bits per heavy atom. The molecule has 1 saturated heterocycles. The molecule has 1 N–H and O–H groups in total. The normalized spacial score (nSPS) is 30.7. The number of amides is 1. The fourth-order valence-corrected chi connectivity index (χ4v) is 7.37. The lowest BCUT2D eigenvalue weighted by Crippen LogP contribution is -2.68. The number of piperidine rings is 1. The molecule has 36 heavy (non-hydrogen) atoms. The zero-order valence-electron chi connectivity index (χ0n) is 20.3. The Bertz CT molecular complexity index is 1260. The Hall–Kier alpha value is -3.00. The van der Waals surface area contributed by atoms with Gasteiger partial charge in [0, 0.05) is 30.1 Å². The lowest BCUT2D eigenvalue weighted by atomic mass is 9.51. The van der Waals surface area contributed by atoms with Crippen molar-refractivity contribution >= 4 is 12.0 Å². The van der Waals surface area contributed by atoms with Gasteiger partial charge in [-0.2, -0.15) is 13.2 Å². The smallest absolute Gasteiger partial charge is 0.416 e. The first-order valence-corrected chi connectivity index (χ1v) is 12.5. The Labute approximate surface area is 208 Å². The van der Waals surface area contributed by atoms with Crippen LogP contribution in [0.1, 0.15) is 41.5 Å². The van der Waals surface area contributed by atoms with E-state index < -0.39 is 11.7 Å². The highest BCUT2D eigenvalue weighted by Gasteiger charge is 2.66. The van der Waals surface area contributed by atoms with Gasteiger partial charge in [0.05, 0.1) is 11.6 Å². The number of carbonyl (C=O) groups is 1. The minimum Gasteiger partial charge on any atom is -0.504 e. The monoisotopic (exact) mass is 498 g/mol. The van der Waals surface area contributed by atoms with Crippen LogP contribution in [0.25, 0.3) is 6.08 Å². The average molecular weight is 499 g/mol. The number of phenolic OH excluding ortho intramolecular Hbond substituents is 1. The highest BCUT2D eigenvalue weighted by molar-refractivity contribution is 5.92. The fraction of sp³-hybridized carbons (Fsp3) is 0.464. The van der Waals surface area contributed by atoms with Gasteiger partial charge < -0.3 is 19.6 Å². The number of phenols is 1. The Morgan fingerprint density at radius 3 is 2.83 bits per heavy atom. The highest BCUT2D eigenvalue weighted by Crippen LogP contribution is 2.64. The third-order valence-electron chi connectivity index (χ3n) is 9.04. The van der Waals surface area contributed by atoms with E-state index in [1.54, 1.807) is 24.1 Å². The summed E-state index contributed by atoms with van der Waals surface area (Å²) in [4.78, 5) is 17.3. The number of rotatable bonds is 3. The van der Waals surface area contributed by atoms with Gasteiger partial charge in [-0.15, -0.1) is 0 Å². The number of hydrogen-bond donors (Lipinski definition) is 1. The molecule has 2 aliphatic carbocycles. The van der Waals surface area contributed by atoms with Crippen LogP contribution >= 0.6 is 0 Å². The van der Waals surface area contributed by atoms with Crippen LogP contribution in [0, 0.1) is 5.92 Å². The lowest BCUT2D eigenvalue weighted by molar-refractivity contribution is -0.137. The highest BCUT2D eigenvalue weighted by atomic mass is 19.4. The van der Waals surface area contributed by atoms with Gasteiger partial charge in [0.15, 0.2) is 11.5 Å². The Kier molecular flexibility index (Phi) is 5.20. The molecule has 1 spiro atoms. The molecule has 190 valence electrons. The molecule has 2 heterocycles. The largest absolute Gasteiger partial charge is 0.504 e. The second-order valence-electron chi connectivity index (χ2n) is 10.7. The number of alkyl halides is 3. The second-order valence-corrected chi connectivity index (χ2v) is 10.7. The lowest BCUT2D eigenvalue weighted by Gasteiger charge is -2.59. The number of hydrogen-bond acceptors (Lipinski definition) is 4. The van der Waals surface area contributed by atoms with E-state index in [-0.39, 0.29) is 29.2 Å². The molecule has 2 aromatic carbocycles. The van der Waals surface area contributed by atoms with E-state index in [1.807, 2.05) is 6.07 Å². The van der Waals surface area contributed by atoms with Crippen LogP contribution in [0.5, 0.6) is 11.5 Å². The molecule has 0 aromatic heterocycles. The first kappa shape index (κ1) is 23.4. The van der Waals surface area contributed by atoms with Gasteiger partial charge in [-0.1, -0.05) is 18.2 Å². The zero-order valence-corrected chi connectivity index (χ0v) is 20.3. The van der Waals surface area contributed by atoms with E-state index in [2.05, 4.69) is 11.9 Å². The van der Waals surface area contributed by atoms with Crippen molar-refractivity contribution in [2.75, 3.05) is 20.6 Å². The van der Waals surface area contributed by atoms with Gasteiger partial charge in [-0.25, -0.2) is 0 Å². The van der Waals surface area contributed by atoms with Crippen molar-refractivity contribution in [3.8, 4) is 11.5 Å². The second kappa shape index (κ2) is 8.00. The molecule has 1 amide bonds. The topological polar surface area (TPSA) is 53.0 Å². The maximum Gasteiger partial charge on any atom is 0.416 e. The molecule has 5 nitrogen and oxygen atoms in total. The molecule has 1 saturated carbocycles. The van der Waals surface area contributed by atoms with Crippen molar-refractivity contribution in [3.63, 3.8) is 0 Å². The fourth-order valence-electron chi connectivity index (χ4n) is 7.37. The summed E-state index contributed by atoms with van der Waals surface area (Å²) in [5.74, 6) is 0.817. The van der Waals surface area contributed by atoms with E-state index >= 15 is 0 Å². The van der Waals surface area contributed by atoms with E-state index in [1.165, 1.54) is 23.8 Å². The Balaban J connectivity index is 1.30. The summed E-state index contributed by atoms with van der Waals surface area (Å²) in [6.45, 7) is 0.926. The van der Waals surface area contributed by atoms with Crippen molar-refractivity contribution in [3.05, 3.63) is 64.7 Å². The maximum atomic E-state index is 13.2. The third-order valence-corrected chi connectivity index (χ3v) is 9.04. The summed E-state index contributed by atoms with van der Waals surface area (Å²) in [5, 5.41) is 10.7. The predicted octanol–water partition coefficient (Wildman–Crippen LogP) is 4.62. The van der Waals surface area contributed by atoms with E-state index in [4.69, 9.17) is 4.74 Å². The van der Waals surface area contributed by atoms with Crippen LogP contribution in [0.2, 0.25) is 0 Å². The number of halogens is 3. The van der Waals surface area contributed by atoms with Crippen LogP contribution < -0.4 is 4.74 Å². The van der Waals surface area contributed by atoms with Crippen LogP contribution in [0.15, 0.2) is 42.5 Å². The van der Waals surface area contributed by atoms with E-state index in [0.29, 0.717) is 23.3 Å². The molecule has 5 atom stereocenters. The summed E-state index contributed by atoms with van der Waals surface area (Å²) >= 11 is 0. The zero-order chi connectivity index (χ0) is 25.4. The number of aromatic hydroxyl groups is 1. The van der Waals surface area contributed by atoms with Crippen LogP contribution in [0.4, 0.5) is 13.2 Å². The first-order chi connectivity index (χ1) is 17.1.